The Balaban J connectivity index is 2.51. The van der Waals surface area contributed by atoms with Crippen molar-refractivity contribution in [3.63, 3.8) is 0 Å². The van der Waals surface area contributed by atoms with Crippen LogP contribution in [0.1, 0.15) is 20.8 Å². The number of carbonyl (C=O) groups is 1. The maximum absolute atomic E-state index is 13.6. The molecule has 6 heteroatoms. The quantitative estimate of drug-likeness (QED) is 0.744. The zero-order valence-electron chi connectivity index (χ0n) is 10.2. The molecule has 0 radical (unpaired) electrons. The first-order valence-corrected chi connectivity index (χ1v) is 6.13. The predicted octanol–water partition coefficient (Wildman–Crippen LogP) is 3.72. The number of rotatable bonds is 0. The van der Waals surface area contributed by atoms with E-state index in [2.05, 4.69) is 20.9 Å². The number of hydrogen-bond acceptors (Lipinski definition) is 3. The molecule has 2 heterocycles. The smallest absolute Gasteiger partial charge is 0.419 e. The van der Waals surface area contributed by atoms with Crippen LogP contribution in [0.4, 0.5) is 9.18 Å². The summed E-state index contributed by atoms with van der Waals surface area (Å²) in [5.74, 6) is -0.552. The summed E-state index contributed by atoms with van der Waals surface area (Å²) in [6, 6.07) is 1.62. The zero-order chi connectivity index (χ0) is 13.5. The Hall–Kier alpha value is -1.43. The lowest BCUT2D eigenvalue weighted by Gasteiger charge is -2.19. The highest BCUT2D eigenvalue weighted by molar-refractivity contribution is 9.10. The first-order valence-electron chi connectivity index (χ1n) is 5.33. The molecule has 0 aliphatic heterocycles. The fourth-order valence-corrected chi connectivity index (χ4v) is 1.82. The van der Waals surface area contributed by atoms with Gasteiger partial charge in [-0.2, -0.15) is 0 Å². The minimum Gasteiger partial charge on any atom is -0.443 e. The summed E-state index contributed by atoms with van der Waals surface area (Å²) >= 11 is 3.24. The molecule has 0 aliphatic rings. The number of halogens is 2. The van der Waals surface area contributed by atoms with Gasteiger partial charge in [-0.3, -0.25) is 4.98 Å². The minimum atomic E-state index is -0.635. The lowest BCUT2D eigenvalue weighted by atomic mass is 10.2. The second-order valence-electron chi connectivity index (χ2n) is 4.85. The number of fused-ring (bicyclic) bond motifs is 1. The van der Waals surface area contributed by atoms with Crippen LogP contribution in [0.5, 0.6) is 0 Å². The highest BCUT2D eigenvalue weighted by Crippen LogP contribution is 2.22. The van der Waals surface area contributed by atoms with Gasteiger partial charge in [-0.1, -0.05) is 0 Å². The van der Waals surface area contributed by atoms with Gasteiger partial charge in [0.25, 0.3) is 0 Å². The summed E-state index contributed by atoms with van der Waals surface area (Å²) in [7, 11) is 0. The Morgan fingerprint density at radius 1 is 1.50 bits per heavy atom. The molecule has 0 aromatic carbocycles. The van der Waals surface area contributed by atoms with Crippen LogP contribution in [-0.4, -0.2) is 21.2 Å². The Labute approximate surface area is 112 Å². The first kappa shape index (κ1) is 13.0. The molecule has 0 fully saturated rings. The molecule has 0 atom stereocenters. The summed E-state index contributed by atoms with van der Waals surface area (Å²) < 4.78 is 20.6. The van der Waals surface area contributed by atoms with E-state index in [1.54, 1.807) is 26.8 Å². The normalized spacial score (nSPS) is 11.8. The van der Waals surface area contributed by atoms with Gasteiger partial charge < -0.3 is 4.74 Å². The van der Waals surface area contributed by atoms with E-state index in [0.29, 0.717) is 9.99 Å². The lowest BCUT2D eigenvalue weighted by molar-refractivity contribution is 0.0543. The third-order valence-corrected chi connectivity index (χ3v) is 2.59. The second kappa shape index (κ2) is 4.35. The number of ether oxygens (including phenoxy) is 1. The fraction of sp³-hybridized carbons (Fsp3) is 0.333. The monoisotopic (exact) mass is 314 g/mol. The van der Waals surface area contributed by atoms with Crippen LogP contribution < -0.4 is 0 Å². The maximum Gasteiger partial charge on any atom is 0.419 e. The van der Waals surface area contributed by atoms with Crippen LogP contribution in [0, 0.1) is 5.82 Å². The van der Waals surface area contributed by atoms with Gasteiger partial charge in [0.15, 0.2) is 5.82 Å². The average molecular weight is 315 g/mol. The number of nitrogens with zero attached hydrogens (tertiary/aromatic N) is 2. The van der Waals surface area contributed by atoms with Crippen molar-refractivity contribution in [2.75, 3.05) is 0 Å². The molecule has 0 saturated carbocycles. The van der Waals surface area contributed by atoms with E-state index in [0.717, 1.165) is 10.8 Å². The highest BCUT2D eigenvalue weighted by atomic mass is 79.9. The molecular weight excluding hydrogens is 303 g/mol. The minimum absolute atomic E-state index is 0.143. The van der Waals surface area contributed by atoms with E-state index in [1.807, 2.05) is 0 Å². The van der Waals surface area contributed by atoms with Crippen LogP contribution in [0.2, 0.25) is 0 Å². The molecule has 0 saturated heterocycles. The molecule has 18 heavy (non-hydrogen) atoms. The van der Waals surface area contributed by atoms with Crippen molar-refractivity contribution in [1.29, 1.82) is 0 Å². The summed E-state index contributed by atoms with van der Waals surface area (Å²) in [5.41, 5.74) is -0.121. The number of pyridine rings is 1. The van der Waals surface area contributed by atoms with E-state index in [1.165, 1.54) is 6.20 Å². The number of hydrogen-bond donors (Lipinski definition) is 0. The Morgan fingerprint density at radius 3 is 2.78 bits per heavy atom. The van der Waals surface area contributed by atoms with Crippen molar-refractivity contribution in [3.8, 4) is 0 Å². The van der Waals surface area contributed by atoms with Crippen molar-refractivity contribution in [2.24, 2.45) is 0 Å². The van der Waals surface area contributed by atoms with E-state index >= 15 is 0 Å². The molecule has 0 unspecified atom stereocenters. The first-order chi connectivity index (χ1) is 8.28. The van der Waals surface area contributed by atoms with Gasteiger partial charge in [0.1, 0.15) is 11.1 Å². The summed E-state index contributed by atoms with van der Waals surface area (Å²) in [6.07, 6.45) is 1.93. The largest absolute Gasteiger partial charge is 0.443 e. The van der Waals surface area contributed by atoms with Crippen LogP contribution in [-0.2, 0) is 4.74 Å². The Kier molecular flexibility index (Phi) is 3.14. The van der Waals surface area contributed by atoms with Crippen LogP contribution in [0.15, 0.2) is 22.9 Å². The van der Waals surface area contributed by atoms with E-state index in [4.69, 9.17) is 4.74 Å². The molecule has 96 valence electrons. The molecule has 0 bridgehead atoms. The third kappa shape index (κ3) is 2.53. The predicted molar refractivity (Wildman–Crippen MR) is 69.0 cm³/mol. The molecule has 0 aliphatic carbocycles. The number of aromatic nitrogens is 2. The van der Waals surface area contributed by atoms with Gasteiger partial charge in [-0.15, -0.1) is 0 Å². The van der Waals surface area contributed by atoms with Crippen molar-refractivity contribution < 1.29 is 13.9 Å². The van der Waals surface area contributed by atoms with Crippen LogP contribution >= 0.6 is 15.9 Å². The van der Waals surface area contributed by atoms with E-state index in [9.17, 15) is 9.18 Å². The third-order valence-electron chi connectivity index (χ3n) is 2.15. The summed E-state index contributed by atoms with van der Waals surface area (Å²) in [5, 5.41) is 0. The van der Waals surface area contributed by atoms with Gasteiger partial charge in [0.05, 0.1) is 11.7 Å². The summed E-state index contributed by atoms with van der Waals surface area (Å²) in [6.45, 7) is 5.25. The second-order valence-corrected chi connectivity index (χ2v) is 5.76. The van der Waals surface area contributed by atoms with Crippen molar-refractivity contribution >= 4 is 33.1 Å². The Morgan fingerprint density at radius 2 is 2.17 bits per heavy atom. The van der Waals surface area contributed by atoms with Gasteiger partial charge in [-0.25, -0.2) is 13.8 Å². The molecule has 0 N–H and O–H groups in total. The maximum atomic E-state index is 13.6. The SMILES string of the molecule is CC(C)(C)OC(=O)n1cc(F)c2ncc(Br)cc21. The Bertz CT molecular complexity index is 616. The molecular formula is C12H12BrFN2O2. The standard InChI is InChI=1S/C12H12BrFN2O2/c1-12(2,3)18-11(17)16-6-8(14)10-9(16)4-7(13)5-15-10/h4-6H,1-3H3. The highest BCUT2D eigenvalue weighted by Gasteiger charge is 2.21. The topological polar surface area (TPSA) is 44.1 Å². The van der Waals surface area contributed by atoms with Crippen molar-refractivity contribution in [1.82, 2.24) is 9.55 Å². The molecule has 2 aromatic rings. The van der Waals surface area contributed by atoms with E-state index in [-0.39, 0.29) is 5.52 Å². The number of carbonyl (C=O) groups excluding carboxylic acids is 1. The fourth-order valence-electron chi connectivity index (χ4n) is 1.50. The van der Waals surface area contributed by atoms with Crippen LogP contribution in [0.3, 0.4) is 0 Å². The van der Waals surface area contributed by atoms with Gasteiger partial charge in [0.2, 0.25) is 0 Å². The zero-order valence-corrected chi connectivity index (χ0v) is 11.8. The molecule has 2 rings (SSSR count). The van der Waals surface area contributed by atoms with Crippen molar-refractivity contribution in [2.45, 2.75) is 26.4 Å². The summed E-state index contributed by atoms with van der Waals surface area (Å²) in [4.78, 5) is 15.9. The molecule has 2 aromatic heterocycles. The molecule has 0 amide bonds. The van der Waals surface area contributed by atoms with E-state index < -0.39 is 17.5 Å². The molecule has 0 spiro atoms. The van der Waals surface area contributed by atoms with Crippen LogP contribution in [0.25, 0.3) is 11.0 Å². The molecule has 4 nitrogen and oxygen atoms in total. The van der Waals surface area contributed by atoms with Crippen molar-refractivity contribution in [3.05, 3.63) is 28.7 Å². The van der Waals surface area contributed by atoms with Gasteiger partial charge in [0, 0.05) is 10.7 Å². The average Bonchev–Trinajstić information content (AvgIpc) is 2.53. The van der Waals surface area contributed by atoms with Gasteiger partial charge >= 0.3 is 6.09 Å². The van der Waals surface area contributed by atoms with Gasteiger partial charge in [-0.05, 0) is 42.8 Å². The lowest BCUT2D eigenvalue weighted by Crippen LogP contribution is -2.26.